The van der Waals surface area contributed by atoms with E-state index in [-0.39, 0.29) is 24.2 Å². The smallest absolute Gasteiger partial charge is 0.269 e. The predicted molar refractivity (Wildman–Crippen MR) is 103 cm³/mol. The van der Waals surface area contributed by atoms with E-state index in [2.05, 4.69) is 5.32 Å². The van der Waals surface area contributed by atoms with E-state index in [1.165, 1.54) is 6.07 Å². The Morgan fingerprint density at radius 2 is 1.81 bits per heavy atom. The number of hydrogen-bond acceptors (Lipinski definition) is 4. The first-order valence-electron chi connectivity index (χ1n) is 8.51. The molecular weight excluding hydrogens is 330 g/mol. The number of nitro groups is 1. The van der Waals surface area contributed by atoms with Gasteiger partial charge in [0, 0.05) is 23.9 Å². The van der Waals surface area contributed by atoms with Crippen molar-refractivity contribution < 1.29 is 9.72 Å². The van der Waals surface area contributed by atoms with Gasteiger partial charge in [-0.2, -0.15) is 0 Å². The van der Waals surface area contributed by atoms with Crippen molar-refractivity contribution in [1.29, 1.82) is 0 Å². The van der Waals surface area contributed by atoms with E-state index in [1.54, 1.807) is 12.1 Å². The van der Waals surface area contributed by atoms with Gasteiger partial charge in [0.25, 0.3) is 5.69 Å². The quantitative estimate of drug-likeness (QED) is 0.624. The lowest BCUT2D eigenvalue weighted by Crippen LogP contribution is -2.32. The van der Waals surface area contributed by atoms with Crippen molar-refractivity contribution in [2.75, 3.05) is 18.9 Å². The minimum atomic E-state index is -0.411. The summed E-state index contributed by atoms with van der Waals surface area (Å²) in [5.41, 5.74) is 4.93. The standard InChI is InChI=1S/C20H25N3O3/c1-13-9-14(2)20(15(3)10-13)21-19(24)12-22(5)16(4)17-7-6-8-18(11-17)23(25)26/h6-11,16H,12H2,1-5H3,(H,21,24)/t16-/m1/s1. The van der Waals surface area contributed by atoms with E-state index in [0.29, 0.717) is 0 Å². The van der Waals surface area contributed by atoms with Gasteiger partial charge in [0.2, 0.25) is 5.91 Å². The second kappa shape index (κ2) is 8.10. The molecule has 0 bridgehead atoms. The van der Waals surface area contributed by atoms with Crippen LogP contribution in [0.4, 0.5) is 11.4 Å². The van der Waals surface area contributed by atoms with Crippen LogP contribution in [-0.2, 0) is 4.79 Å². The molecule has 1 atom stereocenters. The number of non-ortho nitro benzene ring substituents is 1. The maximum atomic E-state index is 12.5. The number of amides is 1. The van der Waals surface area contributed by atoms with Crippen LogP contribution in [0.3, 0.4) is 0 Å². The first-order chi connectivity index (χ1) is 12.2. The lowest BCUT2D eigenvalue weighted by Gasteiger charge is -2.24. The summed E-state index contributed by atoms with van der Waals surface area (Å²) in [5.74, 6) is -0.111. The SMILES string of the molecule is Cc1cc(C)c(NC(=O)CN(C)[C@H](C)c2cccc([N+](=O)[O-])c2)c(C)c1. The minimum Gasteiger partial charge on any atom is -0.324 e. The molecular formula is C20H25N3O3. The number of benzene rings is 2. The van der Waals surface area contributed by atoms with Crippen LogP contribution in [0.15, 0.2) is 36.4 Å². The van der Waals surface area contributed by atoms with Gasteiger partial charge < -0.3 is 5.32 Å². The van der Waals surface area contributed by atoms with E-state index < -0.39 is 4.92 Å². The van der Waals surface area contributed by atoms with Crippen molar-refractivity contribution in [3.8, 4) is 0 Å². The fraction of sp³-hybridized carbons (Fsp3) is 0.350. The third-order valence-electron chi connectivity index (χ3n) is 4.56. The van der Waals surface area contributed by atoms with Crippen molar-refractivity contribution in [3.05, 3.63) is 68.8 Å². The number of nitro benzene ring substituents is 1. The second-order valence-corrected chi connectivity index (χ2v) is 6.77. The van der Waals surface area contributed by atoms with E-state index in [9.17, 15) is 14.9 Å². The van der Waals surface area contributed by atoms with Crippen LogP contribution in [0.1, 0.15) is 35.2 Å². The van der Waals surface area contributed by atoms with E-state index in [4.69, 9.17) is 0 Å². The summed E-state index contributed by atoms with van der Waals surface area (Å²) in [7, 11) is 1.83. The fourth-order valence-corrected chi connectivity index (χ4v) is 3.07. The topological polar surface area (TPSA) is 75.5 Å². The van der Waals surface area contributed by atoms with E-state index in [1.807, 2.05) is 57.8 Å². The zero-order valence-corrected chi connectivity index (χ0v) is 15.9. The average Bonchev–Trinajstić information content (AvgIpc) is 2.57. The lowest BCUT2D eigenvalue weighted by molar-refractivity contribution is -0.384. The van der Waals surface area contributed by atoms with Crippen LogP contribution < -0.4 is 5.32 Å². The summed E-state index contributed by atoms with van der Waals surface area (Å²) < 4.78 is 0. The molecule has 0 unspecified atom stereocenters. The lowest BCUT2D eigenvalue weighted by atomic mass is 10.0. The highest BCUT2D eigenvalue weighted by Gasteiger charge is 2.18. The Kier molecular flexibility index (Phi) is 6.10. The predicted octanol–water partition coefficient (Wildman–Crippen LogP) is 4.15. The molecule has 0 aromatic heterocycles. The first kappa shape index (κ1) is 19.6. The van der Waals surface area contributed by atoms with Crippen molar-refractivity contribution in [2.24, 2.45) is 0 Å². The van der Waals surface area contributed by atoms with Gasteiger partial charge in [-0.05, 0) is 51.4 Å². The number of nitrogens with zero attached hydrogens (tertiary/aromatic N) is 2. The summed E-state index contributed by atoms with van der Waals surface area (Å²) in [6, 6.07) is 10.5. The summed E-state index contributed by atoms with van der Waals surface area (Å²) in [6.45, 7) is 8.10. The summed E-state index contributed by atoms with van der Waals surface area (Å²) in [5, 5.41) is 13.9. The monoisotopic (exact) mass is 355 g/mol. The van der Waals surface area contributed by atoms with Gasteiger partial charge in [0.05, 0.1) is 11.5 Å². The molecule has 0 spiro atoms. The van der Waals surface area contributed by atoms with Gasteiger partial charge in [-0.1, -0.05) is 29.8 Å². The van der Waals surface area contributed by atoms with Crippen LogP contribution in [0.5, 0.6) is 0 Å². The molecule has 0 saturated heterocycles. The summed E-state index contributed by atoms with van der Waals surface area (Å²) in [6.07, 6.45) is 0. The highest BCUT2D eigenvalue weighted by molar-refractivity contribution is 5.93. The number of carbonyl (C=O) groups excluding carboxylic acids is 1. The largest absolute Gasteiger partial charge is 0.324 e. The summed E-state index contributed by atoms with van der Waals surface area (Å²) in [4.78, 5) is 24.9. The number of nitrogens with one attached hydrogen (secondary N) is 1. The van der Waals surface area contributed by atoms with E-state index >= 15 is 0 Å². The molecule has 2 aromatic carbocycles. The Hall–Kier alpha value is -2.73. The highest BCUT2D eigenvalue weighted by atomic mass is 16.6. The van der Waals surface area contributed by atoms with Crippen LogP contribution >= 0.6 is 0 Å². The van der Waals surface area contributed by atoms with Crippen LogP contribution in [0.2, 0.25) is 0 Å². The zero-order valence-electron chi connectivity index (χ0n) is 15.9. The Bertz CT molecular complexity index is 810. The Morgan fingerprint density at radius 3 is 2.38 bits per heavy atom. The number of rotatable bonds is 6. The molecule has 0 aliphatic heterocycles. The van der Waals surface area contributed by atoms with Gasteiger partial charge >= 0.3 is 0 Å². The van der Waals surface area contributed by atoms with E-state index in [0.717, 1.165) is 27.9 Å². The molecule has 138 valence electrons. The number of anilines is 1. The Balaban J connectivity index is 2.07. The van der Waals surface area contributed by atoms with Gasteiger partial charge in [0.1, 0.15) is 0 Å². The molecule has 0 heterocycles. The average molecular weight is 355 g/mol. The normalized spacial score (nSPS) is 12.1. The molecule has 0 fully saturated rings. The van der Waals surface area contributed by atoms with Crippen molar-refractivity contribution in [2.45, 2.75) is 33.7 Å². The number of carbonyl (C=O) groups is 1. The first-order valence-corrected chi connectivity index (χ1v) is 8.51. The van der Waals surface area contributed by atoms with Crippen molar-refractivity contribution in [3.63, 3.8) is 0 Å². The van der Waals surface area contributed by atoms with Crippen molar-refractivity contribution in [1.82, 2.24) is 4.90 Å². The molecule has 0 radical (unpaired) electrons. The molecule has 2 aromatic rings. The maximum absolute atomic E-state index is 12.5. The third-order valence-corrected chi connectivity index (χ3v) is 4.56. The zero-order chi connectivity index (χ0) is 19.4. The molecule has 1 amide bonds. The Labute approximate surface area is 154 Å². The van der Waals surface area contributed by atoms with Gasteiger partial charge in [-0.3, -0.25) is 19.8 Å². The molecule has 0 aliphatic rings. The van der Waals surface area contributed by atoms with Crippen LogP contribution in [0.25, 0.3) is 0 Å². The number of likely N-dealkylation sites (N-methyl/N-ethyl adjacent to an activating group) is 1. The molecule has 0 aliphatic carbocycles. The highest BCUT2D eigenvalue weighted by Crippen LogP contribution is 2.24. The number of aryl methyl sites for hydroxylation is 3. The molecule has 0 saturated carbocycles. The minimum absolute atomic E-state index is 0.0538. The summed E-state index contributed by atoms with van der Waals surface area (Å²) >= 11 is 0. The third kappa shape index (κ3) is 4.67. The van der Waals surface area contributed by atoms with Gasteiger partial charge in [0.15, 0.2) is 0 Å². The second-order valence-electron chi connectivity index (χ2n) is 6.77. The van der Waals surface area contributed by atoms with Gasteiger partial charge in [-0.25, -0.2) is 0 Å². The van der Waals surface area contributed by atoms with Gasteiger partial charge in [-0.15, -0.1) is 0 Å². The molecule has 2 rings (SSSR count). The Morgan fingerprint density at radius 1 is 1.19 bits per heavy atom. The molecule has 6 nitrogen and oxygen atoms in total. The van der Waals surface area contributed by atoms with Crippen LogP contribution in [0, 0.1) is 30.9 Å². The van der Waals surface area contributed by atoms with Crippen LogP contribution in [-0.4, -0.2) is 29.3 Å². The van der Waals surface area contributed by atoms with Crippen molar-refractivity contribution >= 4 is 17.3 Å². The molecule has 6 heteroatoms. The molecule has 26 heavy (non-hydrogen) atoms. The maximum Gasteiger partial charge on any atom is 0.269 e. The number of hydrogen-bond donors (Lipinski definition) is 1. The molecule has 1 N–H and O–H groups in total. The fourth-order valence-electron chi connectivity index (χ4n) is 3.07.